The minimum Gasteiger partial charge on any atom is -0.300 e. The third-order valence-electron chi connectivity index (χ3n) is 2.29. The molecule has 1 nitrogen and oxygen atoms in total. The zero-order valence-electron chi connectivity index (χ0n) is 9.72. The van der Waals surface area contributed by atoms with Gasteiger partial charge in [-0.25, -0.2) is 0 Å². The number of ketones is 1. The lowest BCUT2D eigenvalue weighted by Gasteiger charge is -1.94. The second-order valence-corrected chi connectivity index (χ2v) is 3.91. The van der Waals surface area contributed by atoms with Gasteiger partial charge in [0.1, 0.15) is 5.78 Å². The van der Waals surface area contributed by atoms with E-state index in [4.69, 9.17) is 0 Å². The summed E-state index contributed by atoms with van der Waals surface area (Å²) in [5.41, 5.74) is 0. The normalized spacial score (nSPS) is 11.0. The molecule has 0 aliphatic carbocycles. The van der Waals surface area contributed by atoms with Crippen LogP contribution in [-0.4, -0.2) is 5.78 Å². The summed E-state index contributed by atoms with van der Waals surface area (Å²) in [6.07, 6.45) is 13.8. The third-order valence-corrected chi connectivity index (χ3v) is 2.29. The fourth-order valence-corrected chi connectivity index (χ4v) is 1.38. The predicted molar refractivity (Wildman–Crippen MR) is 62.4 cm³/mol. The molecule has 0 bridgehead atoms. The Hall–Kier alpha value is -0.590. The summed E-state index contributed by atoms with van der Waals surface area (Å²) in [6, 6.07) is 0. The van der Waals surface area contributed by atoms with Crippen molar-refractivity contribution in [3.8, 4) is 0 Å². The topological polar surface area (TPSA) is 17.1 Å². The van der Waals surface area contributed by atoms with Gasteiger partial charge in [0, 0.05) is 6.42 Å². The van der Waals surface area contributed by atoms with E-state index in [1.807, 2.05) is 0 Å². The molecule has 0 aliphatic rings. The zero-order valence-corrected chi connectivity index (χ0v) is 9.72. The van der Waals surface area contributed by atoms with Gasteiger partial charge < -0.3 is 4.79 Å². The molecule has 1 heteroatoms. The minimum absolute atomic E-state index is 0.317. The number of rotatable bonds is 9. The van der Waals surface area contributed by atoms with Crippen LogP contribution in [0.3, 0.4) is 0 Å². The van der Waals surface area contributed by atoms with Crippen molar-refractivity contribution in [2.75, 3.05) is 0 Å². The van der Waals surface area contributed by atoms with Gasteiger partial charge in [-0.3, -0.25) is 0 Å². The molecular weight excluding hydrogens is 172 g/mol. The van der Waals surface area contributed by atoms with E-state index in [1.54, 1.807) is 6.92 Å². The summed E-state index contributed by atoms with van der Waals surface area (Å²) in [4.78, 5) is 10.6. The maximum atomic E-state index is 10.6. The Morgan fingerprint density at radius 2 is 1.57 bits per heavy atom. The highest BCUT2D eigenvalue weighted by Gasteiger charge is 1.91. The summed E-state index contributed by atoms with van der Waals surface area (Å²) in [7, 11) is 0. The van der Waals surface area contributed by atoms with Gasteiger partial charge in [0.15, 0.2) is 0 Å². The molecule has 0 heterocycles. The van der Waals surface area contributed by atoms with Crippen LogP contribution in [0.4, 0.5) is 0 Å². The molecule has 0 saturated carbocycles. The SMILES string of the molecule is CCCCC/C=C\CCCCC(C)=O. The van der Waals surface area contributed by atoms with Crippen molar-refractivity contribution in [2.45, 2.75) is 65.2 Å². The number of unbranched alkanes of at least 4 members (excludes halogenated alkanes) is 5. The Balaban J connectivity index is 3.07. The summed E-state index contributed by atoms with van der Waals surface area (Å²) < 4.78 is 0. The largest absolute Gasteiger partial charge is 0.300 e. The summed E-state index contributed by atoms with van der Waals surface area (Å²) >= 11 is 0. The highest BCUT2D eigenvalue weighted by molar-refractivity contribution is 5.75. The molecule has 0 spiro atoms. The standard InChI is InChI=1S/C13H24O/c1-3-4-5-6-7-8-9-10-11-12-13(2)14/h7-8H,3-6,9-12H2,1-2H3/b8-7-. The van der Waals surface area contributed by atoms with E-state index in [0.29, 0.717) is 5.78 Å². The second kappa shape index (κ2) is 10.5. The number of Topliss-reactive ketones (excluding diaryl/α,β-unsaturated/α-hetero) is 1. The van der Waals surface area contributed by atoms with Gasteiger partial charge in [-0.2, -0.15) is 0 Å². The van der Waals surface area contributed by atoms with Crippen LogP contribution in [0.5, 0.6) is 0 Å². The Kier molecular flexibility index (Phi) is 10.0. The molecule has 0 radical (unpaired) electrons. The van der Waals surface area contributed by atoms with Crippen molar-refractivity contribution in [3.05, 3.63) is 12.2 Å². The smallest absolute Gasteiger partial charge is 0.129 e. The van der Waals surface area contributed by atoms with Crippen molar-refractivity contribution < 1.29 is 4.79 Å². The average molecular weight is 196 g/mol. The Morgan fingerprint density at radius 3 is 2.07 bits per heavy atom. The Labute approximate surface area is 88.6 Å². The Morgan fingerprint density at radius 1 is 1.00 bits per heavy atom. The average Bonchev–Trinajstić information content (AvgIpc) is 2.15. The van der Waals surface area contributed by atoms with E-state index in [1.165, 1.54) is 25.7 Å². The second-order valence-electron chi connectivity index (χ2n) is 3.91. The number of hydrogen-bond donors (Lipinski definition) is 0. The van der Waals surface area contributed by atoms with Crippen LogP contribution in [0.25, 0.3) is 0 Å². The minimum atomic E-state index is 0.317. The van der Waals surface area contributed by atoms with Crippen molar-refractivity contribution in [2.24, 2.45) is 0 Å². The first-order valence-corrected chi connectivity index (χ1v) is 5.91. The molecule has 0 atom stereocenters. The molecule has 0 fully saturated rings. The van der Waals surface area contributed by atoms with Crippen LogP contribution < -0.4 is 0 Å². The Bertz CT molecular complexity index is 159. The van der Waals surface area contributed by atoms with E-state index in [2.05, 4.69) is 19.1 Å². The van der Waals surface area contributed by atoms with Gasteiger partial charge in [-0.15, -0.1) is 0 Å². The molecule has 0 aliphatic heterocycles. The fourth-order valence-electron chi connectivity index (χ4n) is 1.38. The highest BCUT2D eigenvalue weighted by Crippen LogP contribution is 2.04. The van der Waals surface area contributed by atoms with Crippen LogP contribution in [0, 0.1) is 0 Å². The number of hydrogen-bond acceptors (Lipinski definition) is 1. The third kappa shape index (κ3) is 11.4. The van der Waals surface area contributed by atoms with Gasteiger partial charge in [-0.05, 0) is 39.0 Å². The molecule has 0 aromatic rings. The monoisotopic (exact) mass is 196 g/mol. The van der Waals surface area contributed by atoms with E-state index in [0.717, 1.165) is 25.7 Å². The van der Waals surface area contributed by atoms with Gasteiger partial charge in [0.05, 0.1) is 0 Å². The predicted octanol–water partition coefficient (Wildman–Crippen LogP) is 4.27. The first kappa shape index (κ1) is 13.4. The van der Waals surface area contributed by atoms with E-state index in [-0.39, 0.29) is 0 Å². The highest BCUT2D eigenvalue weighted by atomic mass is 16.1. The lowest BCUT2D eigenvalue weighted by atomic mass is 10.1. The van der Waals surface area contributed by atoms with Crippen molar-refractivity contribution >= 4 is 5.78 Å². The molecular formula is C13H24O. The van der Waals surface area contributed by atoms with Crippen LogP contribution in [0.1, 0.15) is 65.2 Å². The summed E-state index contributed by atoms with van der Waals surface area (Å²) in [5, 5.41) is 0. The molecule has 0 aromatic carbocycles. The van der Waals surface area contributed by atoms with Gasteiger partial charge >= 0.3 is 0 Å². The lowest BCUT2D eigenvalue weighted by molar-refractivity contribution is -0.117. The molecule has 14 heavy (non-hydrogen) atoms. The van der Waals surface area contributed by atoms with Crippen LogP contribution in [0.15, 0.2) is 12.2 Å². The molecule has 0 rings (SSSR count). The maximum Gasteiger partial charge on any atom is 0.129 e. The van der Waals surface area contributed by atoms with Crippen molar-refractivity contribution in [3.63, 3.8) is 0 Å². The quantitative estimate of drug-likeness (QED) is 0.397. The maximum absolute atomic E-state index is 10.6. The van der Waals surface area contributed by atoms with E-state index < -0.39 is 0 Å². The molecule has 0 amide bonds. The summed E-state index contributed by atoms with van der Waals surface area (Å²) in [5.74, 6) is 0.317. The number of carbonyl (C=O) groups is 1. The van der Waals surface area contributed by atoms with Crippen molar-refractivity contribution in [1.29, 1.82) is 0 Å². The van der Waals surface area contributed by atoms with Crippen LogP contribution in [0.2, 0.25) is 0 Å². The fraction of sp³-hybridized carbons (Fsp3) is 0.769. The molecule has 0 unspecified atom stereocenters. The zero-order chi connectivity index (χ0) is 10.6. The number of carbonyl (C=O) groups excluding carboxylic acids is 1. The van der Waals surface area contributed by atoms with Crippen LogP contribution in [-0.2, 0) is 4.79 Å². The molecule has 0 N–H and O–H groups in total. The molecule has 0 saturated heterocycles. The van der Waals surface area contributed by atoms with E-state index in [9.17, 15) is 4.79 Å². The number of allylic oxidation sites excluding steroid dienone is 2. The lowest BCUT2D eigenvalue weighted by Crippen LogP contribution is -1.88. The molecule has 0 aromatic heterocycles. The molecule has 82 valence electrons. The van der Waals surface area contributed by atoms with Crippen LogP contribution >= 0.6 is 0 Å². The first-order chi connectivity index (χ1) is 6.77. The van der Waals surface area contributed by atoms with E-state index >= 15 is 0 Å². The summed E-state index contributed by atoms with van der Waals surface area (Å²) in [6.45, 7) is 3.89. The first-order valence-electron chi connectivity index (χ1n) is 5.91. The van der Waals surface area contributed by atoms with Gasteiger partial charge in [-0.1, -0.05) is 31.9 Å². The van der Waals surface area contributed by atoms with Crippen molar-refractivity contribution in [1.82, 2.24) is 0 Å². The van der Waals surface area contributed by atoms with Gasteiger partial charge in [0.25, 0.3) is 0 Å². The van der Waals surface area contributed by atoms with Gasteiger partial charge in [0.2, 0.25) is 0 Å².